The van der Waals surface area contributed by atoms with Crippen molar-refractivity contribution in [1.29, 1.82) is 0 Å². The van der Waals surface area contributed by atoms with Crippen LogP contribution in [0.5, 0.6) is 0 Å². The maximum atomic E-state index is 2.40. The molecule has 0 unspecified atom stereocenters. The molecule has 0 saturated heterocycles. The number of aryl methyl sites for hydroxylation is 1. The van der Waals surface area contributed by atoms with Gasteiger partial charge in [0.25, 0.3) is 0 Å². The molecule has 1 aromatic carbocycles. The van der Waals surface area contributed by atoms with Crippen LogP contribution in [0.25, 0.3) is 5.57 Å². The molecule has 0 nitrogen and oxygen atoms in total. The summed E-state index contributed by atoms with van der Waals surface area (Å²) in [5.41, 5.74) is 4.53. The molecule has 0 spiro atoms. The largest absolute Gasteiger partial charge is 0.0801 e. The van der Waals surface area contributed by atoms with Gasteiger partial charge >= 0.3 is 0 Å². The highest BCUT2D eigenvalue weighted by Gasteiger charge is 2.13. The van der Waals surface area contributed by atoms with Crippen molar-refractivity contribution in [3.05, 3.63) is 41.5 Å². The van der Waals surface area contributed by atoms with Crippen LogP contribution in [-0.4, -0.2) is 0 Å². The van der Waals surface area contributed by atoms with Gasteiger partial charge in [-0.1, -0.05) is 44.2 Å². The number of allylic oxidation sites excluding steroid dienone is 2. The lowest BCUT2D eigenvalue weighted by Gasteiger charge is -2.20. The highest BCUT2D eigenvalue weighted by atomic mass is 14.2. The van der Waals surface area contributed by atoms with Crippen LogP contribution in [0.4, 0.5) is 0 Å². The fraction of sp³-hybridized carbons (Fsp3) is 0.385. The second kappa shape index (κ2) is 3.37. The Morgan fingerprint density at radius 3 is 2.69 bits per heavy atom. The smallest absolute Gasteiger partial charge is 0.0193 e. The van der Waals surface area contributed by atoms with E-state index in [4.69, 9.17) is 0 Å². The van der Waals surface area contributed by atoms with Crippen molar-refractivity contribution in [3.8, 4) is 0 Å². The third-order valence-electron chi connectivity index (χ3n) is 2.73. The molecule has 1 aromatic rings. The lowest BCUT2D eigenvalue weighted by Crippen LogP contribution is -2.03. The van der Waals surface area contributed by atoms with E-state index in [2.05, 4.69) is 44.2 Å². The Bertz CT molecular complexity index is 332. The van der Waals surface area contributed by atoms with Crippen molar-refractivity contribution in [2.45, 2.75) is 26.7 Å². The average molecular weight is 172 g/mol. The molecule has 68 valence electrons. The van der Waals surface area contributed by atoms with Gasteiger partial charge in [-0.05, 0) is 35.5 Å². The van der Waals surface area contributed by atoms with E-state index in [0.717, 1.165) is 0 Å². The number of rotatable bonds is 1. The Balaban J connectivity index is 2.47. The first-order valence-electron chi connectivity index (χ1n) is 5.07. The molecule has 0 atom stereocenters. The summed E-state index contributed by atoms with van der Waals surface area (Å²) in [6, 6.07) is 8.79. The Hall–Kier alpha value is -1.04. The number of benzene rings is 1. The number of fused-ring (bicyclic) bond motifs is 1. The van der Waals surface area contributed by atoms with Crippen LogP contribution in [0.1, 0.15) is 31.4 Å². The third kappa shape index (κ3) is 1.53. The molecule has 0 fully saturated rings. The number of hydrogen-bond donors (Lipinski definition) is 0. The summed E-state index contributed by atoms with van der Waals surface area (Å²) in [5, 5.41) is 0. The predicted molar refractivity (Wildman–Crippen MR) is 57.6 cm³/mol. The summed E-state index contributed by atoms with van der Waals surface area (Å²) >= 11 is 0. The molecule has 0 amide bonds. The fourth-order valence-electron chi connectivity index (χ4n) is 2.06. The standard InChI is InChI=1S/C13H16/c1-10(2)12-9-5-7-11-6-3-4-8-13(11)12/h3-4,6,8-10H,5,7H2,1-2H3. The lowest BCUT2D eigenvalue weighted by molar-refractivity contribution is 0.829. The van der Waals surface area contributed by atoms with Gasteiger partial charge in [0.15, 0.2) is 0 Å². The molecule has 0 saturated carbocycles. The molecule has 1 aliphatic rings. The topological polar surface area (TPSA) is 0 Å². The minimum atomic E-state index is 0.654. The Morgan fingerprint density at radius 2 is 1.92 bits per heavy atom. The van der Waals surface area contributed by atoms with E-state index in [-0.39, 0.29) is 0 Å². The molecule has 2 rings (SSSR count). The zero-order valence-electron chi connectivity index (χ0n) is 8.38. The van der Waals surface area contributed by atoms with E-state index in [0.29, 0.717) is 5.92 Å². The molecule has 0 aromatic heterocycles. The van der Waals surface area contributed by atoms with Crippen LogP contribution >= 0.6 is 0 Å². The van der Waals surface area contributed by atoms with E-state index in [1.807, 2.05) is 0 Å². The van der Waals surface area contributed by atoms with Gasteiger partial charge < -0.3 is 0 Å². The van der Waals surface area contributed by atoms with Gasteiger partial charge in [-0.3, -0.25) is 0 Å². The van der Waals surface area contributed by atoms with Crippen molar-refractivity contribution >= 4 is 5.57 Å². The summed E-state index contributed by atoms with van der Waals surface area (Å²) < 4.78 is 0. The molecule has 0 heteroatoms. The second-order valence-electron chi connectivity index (χ2n) is 4.01. The highest BCUT2D eigenvalue weighted by Crippen LogP contribution is 2.31. The van der Waals surface area contributed by atoms with Crippen molar-refractivity contribution in [1.82, 2.24) is 0 Å². The van der Waals surface area contributed by atoms with Gasteiger partial charge in [-0.15, -0.1) is 0 Å². The van der Waals surface area contributed by atoms with Crippen molar-refractivity contribution in [3.63, 3.8) is 0 Å². The molecule has 0 heterocycles. The molecule has 0 radical (unpaired) electrons. The summed E-state index contributed by atoms with van der Waals surface area (Å²) in [4.78, 5) is 0. The summed E-state index contributed by atoms with van der Waals surface area (Å²) in [5.74, 6) is 0.654. The van der Waals surface area contributed by atoms with Crippen LogP contribution < -0.4 is 0 Å². The minimum Gasteiger partial charge on any atom is -0.0801 e. The molecular formula is C13H16. The van der Waals surface area contributed by atoms with Crippen molar-refractivity contribution in [2.75, 3.05) is 0 Å². The average Bonchev–Trinajstić information content (AvgIpc) is 2.17. The van der Waals surface area contributed by atoms with Gasteiger partial charge in [0.2, 0.25) is 0 Å². The zero-order chi connectivity index (χ0) is 9.26. The molecule has 0 bridgehead atoms. The van der Waals surface area contributed by atoms with Gasteiger partial charge in [0.1, 0.15) is 0 Å². The van der Waals surface area contributed by atoms with E-state index < -0.39 is 0 Å². The second-order valence-corrected chi connectivity index (χ2v) is 4.01. The Labute approximate surface area is 80.3 Å². The first-order chi connectivity index (χ1) is 6.29. The van der Waals surface area contributed by atoms with E-state index in [9.17, 15) is 0 Å². The lowest BCUT2D eigenvalue weighted by atomic mass is 9.85. The maximum Gasteiger partial charge on any atom is -0.0193 e. The summed E-state index contributed by atoms with van der Waals surface area (Å²) in [7, 11) is 0. The highest BCUT2D eigenvalue weighted by molar-refractivity contribution is 5.71. The van der Waals surface area contributed by atoms with Crippen LogP contribution in [0.2, 0.25) is 0 Å². The fourth-order valence-corrected chi connectivity index (χ4v) is 2.06. The molecular weight excluding hydrogens is 156 g/mol. The Morgan fingerprint density at radius 1 is 1.15 bits per heavy atom. The quantitative estimate of drug-likeness (QED) is 0.606. The zero-order valence-corrected chi connectivity index (χ0v) is 8.38. The molecule has 0 N–H and O–H groups in total. The monoisotopic (exact) mass is 172 g/mol. The van der Waals surface area contributed by atoms with Crippen molar-refractivity contribution < 1.29 is 0 Å². The normalized spacial score (nSPS) is 15.5. The van der Waals surface area contributed by atoms with Gasteiger partial charge in [-0.2, -0.15) is 0 Å². The molecule has 13 heavy (non-hydrogen) atoms. The Kier molecular flexibility index (Phi) is 2.22. The van der Waals surface area contributed by atoms with Gasteiger partial charge in [0.05, 0.1) is 0 Å². The van der Waals surface area contributed by atoms with E-state index >= 15 is 0 Å². The SMILES string of the molecule is CC(C)C1=CCCc2ccccc21. The summed E-state index contributed by atoms with van der Waals surface area (Å²) in [6.07, 6.45) is 4.82. The third-order valence-corrected chi connectivity index (χ3v) is 2.73. The summed E-state index contributed by atoms with van der Waals surface area (Å²) in [6.45, 7) is 4.54. The first kappa shape index (κ1) is 8.55. The number of hydrogen-bond acceptors (Lipinski definition) is 0. The van der Waals surface area contributed by atoms with Crippen LogP contribution in [-0.2, 0) is 6.42 Å². The van der Waals surface area contributed by atoms with Crippen molar-refractivity contribution in [2.24, 2.45) is 5.92 Å². The minimum absolute atomic E-state index is 0.654. The van der Waals surface area contributed by atoms with Gasteiger partial charge in [0, 0.05) is 0 Å². The van der Waals surface area contributed by atoms with Gasteiger partial charge in [-0.25, -0.2) is 0 Å². The predicted octanol–water partition coefficient (Wildman–Crippen LogP) is 3.67. The first-order valence-corrected chi connectivity index (χ1v) is 5.07. The maximum absolute atomic E-state index is 2.40. The van der Waals surface area contributed by atoms with Crippen LogP contribution in [0, 0.1) is 5.92 Å². The van der Waals surface area contributed by atoms with Crippen LogP contribution in [0.15, 0.2) is 30.3 Å². The van der Waals surface area contributed by atoms with Crippen LogP contribution in [0.3, 0.4) is 0 Å². The molecule has 1 aliphatic carbocycles. The van der Waals surface area contributed by atoms with E-state index in [1.165, 1.54) is 29.5 Å². The molecule has 0 aliphatic heterocycles. The van der Waals surface area contributed by atoms with E-state index in [1.54, 1.807) is 0 Å².